The van der Waals surface area contributed by atoms with Crippen LogP contribution in [0, 0.1) is 12.8 Å². The standard InChI is InChI=1S/C18H25N5O3/c1-11(2)16-22-17(26-23-16)15(13-5-8-25-9-6-13)21-18(24)20-14-10-19-7-4-12(14)3/h4,7,10-11,13,15H,5-6,8-9H2,1-3H3,(H2,20,21,24). The summed E-state index contributed by atoms with van der Waals surface area (Å²) in [6, 6.07) is 1.18. The molecule has 26 heavy (non-hydrogen) atoms. The SMILES string of the molecule is Cc1ccncc1NC(=O)NC(c1nc(C(C)C)no1)C1CCOCC1. The summed E-state index contributed by atoms with van der Waals surface area (Å²) in [4.78, 5) is 21.1. The lowest BCUT2D eigenvalue weighted by Gasteiger charge is -2.28. The number of nitrogens with one attached hydrogen (secondary N) is 2. The van der Waals surface area contributed by atoms with Gasteiger partial charge in [-0.05, 0) is 37.3 Å². The van der Waals surface area contributed by atoms with Crippen molar-refractivity contribution in [2.75, 3.05) is 18.5 Å². The van der Waals surface area contributed by atoms with Crippen LogP contribution < -0.4 is 10.6 Å². The summed E-state index contributed by atoms with van der Waals surface area (Å²) in [7, 11) is 0. The Bertz CT molecular complexity index is 740. The molecule has 0 bridgehead atoms. The van der Waals surface area contributed by atoms with E-state index in [4.69, 9.17) is 9.26 Å². The van der Waals surface area contributed by atoms with E-state index in [0.717, 1.165) is 18.4 Å². The van der Waals surface area contributed by atoms with Crippen molar-refractivity contribution in [3.63, 3.8) is 0 Å². The second-order valence-electron chi connectivity index (χ2n) is 6.86. The van der Waals surface area contributed by atoms with E-state index < -0.39 is 0 Å². The van der Waals surface area contributed by atoms with Gasteiger partial charge >= 0.3 is 6.03 Å². The minimum Gasteiger partial charge on any atom is -0.381 e. The summed E-state index contributed by atoms with van der Waals surface area (Å²) in [5.74, 6) is 1.43. The number of carbonyl (C=O) groups excluding carboxylic acids is 1. The molecule has 1 saturated heterocycles. The van der Waals surface area contributed by atoms with E-state index in [1.54, 1.807) is 12.4 Å². The van der Waals surface area contributed by atoms with Crippen molar-refractivity contribution in [3.8, 4) is 0 Å². The van der Waals surface area contributed by atoms with Crippen LogP contribution in [0.4, 0.5) is 10.5 Å². The number of carbonyl (C=O) groups is 1. The fourth-order valence-electron chi connectivity index (χ4n) is 2.93. The van der Waals surface area contributed by atoms with Gasteiger partial charge in [-0.15, -0.1) is 0 Å². The van der Waals surface area contributed by atoms with Crippen LogP contribution >= 0.6 is 0 Å². The van der Waals surface area contributed by atoms with Crippen molar-refractivity contribution in [3.05, 3.63) is 35.7 Å². The highest BCUT2D eigenvalue weighted by atomic mass is 16.5. The molecule has 3 heterocycles. The molecular formula is C18H25N5O3. The Balaban J connectivity index is 1.76. The van der Waals surface area contributed by atoms with Gasteiger partial charge in [0.05, 0.1) is 11.9 Å². The van der Waals surface area contributed by atoms with E-state index in [2.05, 4.69) is 25.8 Å². The molecule has 1 atom stereocenters. The van der Waals surface area contributed by atoms with Gasteiger partial charge in [0.25, 0.3) is 0 Å². The van der Waals surface area contributed by atoms with Crippen molar-refractivity contribution in [2.24, 2.45) is 5.92 Å². The molecule has 1 aliphatic heterocycles. The van der Waals surface area contributed by atoms with Crippen LogP contribution in [0.3, 0.4) is 0 Å². The third-order valence-corrected chi connectivity index (χ3v) is 4.55. The third kappa shape index (κ3) is 4.37. The maximum absolute atomic E-state index is 12.6. The topological polar surface area (TPSA) is 102 Å². The third-order valence-electron chi connectivity index (χ3n) is 4.55. The molecule has 0 spiro atoms. The van der Waals surface area contributed by atoms with Crippen LogP contribution in [0.2, 0.25) is 0 Å². The summed E-state index contributed by atoms with van der Waals surface area (Å²) < 4.78 is 10.9. The number of anilines is 1. The number of nitrogens with zero attached hydrogens (tertiary/aromatic N) is 3. The Hall–Kier alpha value is -2.48. The quantitative estimate of drug-likeness (QED) is 0.850. The number of hydrogen-bond donors (Lipinski definition) is 2. The smallest absolute Gasteiger partial charge is 0.319 e. The summed E-state index contributed by atoms with van der Waals surface area (Å²) in [5, 5.41) is 9.88. The van der Waals surface area contributed by atoms with Crippen LogP contribution in [0.25, 0.3) is 0 Å². The molecule has 8 nitrogen and oxygen atoms in total. The van der Waals surface area contributed by atoms with E-state index >= 15 is 0 Å². The maximum Gasteiger partial charge on any atom is 0.319 e. The Morgan fingerprint density at radius 2 is 2.08 bits per heavy atom. The molecule has 0 radical (unpaired) electrons. The van der Waals surface area contributed by atoms with Crippen molar-refractivity contribution in [1.82, 2.24) is 20.4 Å². The van der Waals surface area contributed by atoms with Gasteiger partial charge in [0.1, 0.15) is 6.04 Å². The van der Waals surface area contributed by atoms with Crippen molar-refractivity contribution in [1.29, 1.82) is 0 Å². The van der Waals surface area contributed by atoms with Crippen LogP contribution in [0.1, 0.15) is 55.9 Å². The molecule has 8 heteroatoms. The second-order valence-corrected chi connectivity index (χ2v) is 6.86. The number of urea groups is 1. The first-order chi connectivity index (χ1) is 12.5. The summed E-state index contributed by atoms with van der Waals surface area (Å²) >= 11 is 0. The molecule has 2 aromatic heterocycles. The van der Waals surface area contributed by atoms with E-state index in [-0.39, 0.29) is 23.9 Å². The highest BCUT2D eigenvalue weighted by Crippen LogP contribution is 2.30. The molecule has 2 amide bonds. The van der Waals surface area contributed by atoms with Crippen molar-refractivity contribution < 1.29 is 14.1 Å². The van der Waals surface area contributed by atoms with Crippen molar-refractivity contribution in [2.45, 2.75) is 45.6 Å². The first kappa shape index (κ1) is 18.3. The lowest BCUT2D eigenvalue weighted by Crippen LogP contribution is -2.38. The van der Waals surface area contributed by atoms with Gasteiger partial charge in [0, 0.05) is 25.3 Å². The van der Waals surface area contributed by atoms with E-state index in [1.165, 1.54) is 0 Å². The number of aryl methyl sites for hydroxylation is 1. The van der Waals surface area contributed by atoms with Crippen LogP contribution in [-0.4, -0.2) is 34.4 Å². The van der Waals surface area contributed by atoms with Gasteiger partial charge in [-0.3, -0.25) is 4.98 Å². The van der Waals surface area contributed by atoms with Gasteiger partial charge in [-0.25, -0.2) is 4.79 Å². The van der Waals surface area contributed by atoms with Crippen LogP contribution in [0.15, 0.2) is 23.0 Å². The highest BCUT2D eigenvalue weighted by molar-refractivity contribution is 5.90. The Labute approximate surface area is 152 Å². The average Bonchev–Trinajstić information content (AvgIpc) is 3.12. The lowest BCUT2D eigenvalue weighted by molar-refractivity contribution is 0.0506. The Kier molecular flexibility index (Phi) is 5.82. The normalized spacial score (nSPS) is 16.5. The van der Waals surface area contributed by atoms with Gasteiger partial charge in [-0.1, -0.05) is 19.0 Å². The minimum absolute atomic E-state index is 0.162. The highest BCUT2D eigenvalue weighted by Gasteiger charge is 2.31. The summed E-state index contributed by atoms with van der Waals surface area (Å²) in [5.41, 5.74) is 1.61. The second kappa shape index (κ2) is 8.27. The van der Waals surface area contributed by atoms with Gasteiger partial charge in [-0.2, -0.15) is 4.98 Å². The molecule has 3 rings (SSSR count). The Morgan fingerprint density at radius 1 is 1.31 bits per heavy atom. The molecule has 1 aliphatic rings. The predicted molar refractivity (Wildman–Crippen MR) is 95.8 cm³/mol. The van der Waals surface area contributed by atoms with Crippen LogP contribution in [-0.2, 0) is 4.74 Å². The molecule has 0 saturated carbocycles. The fraction of sp³-hybridized carbons (Fsp3) is 0.556. The fourth-order valence-corrected chi connectivity index (χ4v) is 2.93. The van der Waals surface area contributed by atoms with E-state index in [0.29, 0.717) is 30.6 Å². The summed E-state index contributed by atoms with van der Waals surface area (Å²) in [6.07, 6.45) is 4.98. The van der Waals surface area contributed by atoms with Gasteiger partial charge in [0.2, 0.25) is 5.89 Å². The molecule has 0 aliphatic carbocycles. The zero-order valence-electron chi connectivity index (χ0n) is 15.4. The number of hydrogen-bond acceptors (Lipinski definition) is 6. The number of aromatic nitrogens is 3. The zero-order chi connectivity index (χ0) is 18.5. The van der Waals surface area contributed by atoms with E-state index in [1.807, 2.05) is 26.8 Å². The molecule has 1 fully saturated rings. The number of ether oxygens (including phenoxy) is 1. The van der Waals surface area contributed by atoms with E-state index in [9.17, 15) is 4.79 Å². The minimum atomic E-state index is -0.351. The Morgan fingerprint density at radius 3 is 2.73 bits per heavy atom. The molecule has 140 valence electrons. The van der Waals surface area contributed by atoms with Crippen LogP contribution in [0.5, 0.6) is 0 Å². The lowest BCUT2D eigenvalue weighted by atomic mass is 9.91. The number of pyridine rings is 1. The van der Waals surface area contributed by atoms with Gasteiger partial charge < -0.3 is 19.9 Å². The number of amides is 2. The molecular weight excluding hydrogens is 334 g/mol. The maximum atomic E-state index is 12.6. The first-order valence-corrected chi connectivity index (χ1v) is 8.94. The molecule has 2 aromatic rings. The number of rotatable bonds is 5. The first-order valence-electron chi connectivity index (χ1n) is 8.94. The molecule has 2 N–H and O–H groups in total. The predicted octanol–water partition coefficient (Wildman–Crippen LogP) is 3.19. The summed E-state index contributed by atoms with van der Waals surface area (Å²) in [6.45, 7) is 7.25. The largest absolute Gasteiger partial charge is 0.381 e. The monoisotopic (exact) mass is 359 g/mol. The zero-order valence-corrected chi connectivity index (χ0v) is 15.4. The average molecular weight is 359 g/mol. The van der Waals surface area contributed by atoms with Crippen molar-refractivity contribution >= 4 is 11.7 Å². The molecule has 1 unspecified atom stereocenters. The molecule has 0 aromatic carbocycles. The van der Waals surface area contributed by atoms with Gasteiger partial charge in [0.15, 0.2) is 5.82 Å².